The molecule has 3 atom stereocenters. The molecule has 14 heteroatoms. The van der Waals surface area contributed by atoms with Crippen LogP contribution in [0.2, 0.25) is 0 Å². The number of hydrogen-bond acceptors (Lipinski definition) is 11. The number of nitrogens with zero attached hydrogens (tertiary/aromatic N) is 9. The monoisotopic (exact) mass is 643 g/mol. The van der Waals surface area contributed by atoms with Crippen molar-refractivity contribution >= 4 is 22.7 Å². The van der Waals surface area contributed by atoms with E-state index in [9.17, 15) is 4.79 Å². The Balaban J connectivity index is 0.908. The zero-order valence-electron chi connectivity index (χ0n) is 25.9. The number of thiazole rings is 1. The predicted octanol–water partition coefficient (Wildman–Crippen LogP) is 3.73. The molecule has 3 aromatic heterocycles. The molecule has 0 aliphatic carbocycles. The number of hydrogen-bond donors (Lipinski definition) is 0. The Morgan fingerprint density at radius 2 is 1.67 bits per heavy atom. The smallest absolute Gasteiger partial charge is 0.350 e. The van der Waals surface area contributed by atoms with Crippen molar-refractivity contribution in [1.29, 1.82) is 0 Å². The number of piperazine rings is 1. The van der Waals surface area contributed by atoms with Gasteiger partial charge >= 0.3 is 5.69 Å². The van der Waals surface area contributed by atoms with Crippen molar-refractivity contribution in [3.05, 3.63) is 94.6 Å². The van der Waals surface area contributed by atoms with Crippen LogP contribution >= 0.6 is 11.3 Å². The van der Waals surface area contributed by atoms with Crippen LogP contribution in [-0.4, -0.2) is 79.6 Å². The fourth-order valence-corrected chi connectivity index (χ4v) is 6.53. The fourth-order valence-electron chi connectivity index (χ4n) is 5.81. The molecule has 2 saturated heterocycles. The van der Waals surface area contributed by atoms with Crippen molar-refractivity contribution in [3.8, 4) is 11.4 Å². The molecule has 2 aliphatic rings. The van der Waals surface area contributed by atoms with E-state index in [0.29, 0.717) is 19.8 Å². The summed E-state index contributed by atoms with van der Waals surface area (Å²) in [7, 11) is 0. The molecule has 0 unspecified atom stereocenters. The van der Waals surface area contributed by atoms with Gasteiger partial charge in [0.15, 0.2) is 5.01 Å². The second-order valence-corrected chi connectivity index (χ2v) is 12.4. The van der Waals surface area contributed by atoms with Crippen LogP contribution in [0, 0.1) is 0 Å². The number of rotatable bonds is 11. The second kappa shape index (κ2) is 13.1. The average molecular weight is 644 g/mol. The van der Waals surface area contributed by atoms with E-state index in [0.717, 1.165) is 60.4 Å². The topological polar surface area (TPSA) is 118 Å². The molecule has 7 rings (SSSR count). The third kappa shape index (κ3) is 6.15. The maximum absolute atomic E-state index is 12.8. The number of aromatic nitrogens is 7. The fraction of sp³-hybridized carbons (Fsp3) is 0.406. The van der Waals surface area contributed by atoms with Crippen LogP contribution in [0.15, 0.2) is 83.9 Å². The number of benzene rings is 2. The third-order valence-electron chi connectivity index (χ3n) is 8.57. The third-order valence-corrected chi connectivity index (χ3v) is 9.46. The molecule has 5 aromatic rings. The highest BCUT2D eigenvalue weighted by Gasteiger charge is 2.46. The molecule has 2 aromatic carbocycles. The van der Waals surface area contributed by atoms with E-state index in [2.05, 4.69) is 61.2 Å². The molecular formula is C32H37N9O4S. The number of ether oxygens (including phenoxy) is 3. The summed E-state index contributed by atoms with van der Waals surface area (Å²) in [5, 5.41) is 11.2. The van der Waals surface area contributed by atoms with Gasteiger partial charge in [0, 0.05) is 49.1 Å². The largest absolute Gasteiger partial charge is 0.491 e. The van der Waals surface area contributed by atoms with Crippen LogP contribution in [0.25, 0.3) is 5.69 Å². The van der Waals surface area contributed by atoms with Crippen molar-refractivity contribution in [3.63, 3.8) is 0 Å². The lowest BCUT2D eigenvalue weighted by Crippen LogP contribution is -2.46. The lowest BCUT2D eigenvalue weighted by Gasteiger charge is -2.37. The van der Waals surface area contributed by atoms with Gasteiger partial charge < -0.3 is 24.0 Å². The van der Waals surface area contributed by atoms with E-state index < -0.39 is 5.79 Å². The summed E-state index contributed by atoms with van der Waals surface area (Å²) in [4.78, 5) is 26.0. The van der Waals surface area contributed by atoms with Gasteiger partial charge in [-0.05, 0) is 61.9 Å². The molecule has 0 amide bonds. The second-order valence-electron chi connectivity index (χ2n) is 11.5. The Morgan fingerprint density at radius 3 is 2.30 bits per heavy atom. The average Bonchev–Trinajstić information content (AvgIpc) is 3.93. The Kier molecular flexibility index (Phi) is 8.56. The first-order valence-corrected chi connectivity index (χ1v) is 16.4. The molecule has 2 aliphatic heterocycles. The zero-order chi connectivity index (χ0) is 31.5. The minimum Gasteiger partial charge on any atom is -0.491 e. The van der Waals surface area contributed by atoms with Gasteiger partial charge in [-0.3, -0.25) is 0 Å². The highest BCUT2D eigenvalue weighted by atomic mass is 32.1. The Bertz CT molecular complexity index is 1750. The van der Waals surface area contributed by atoms with E-state index in [1.165, 1.54) is 17.7 Å². The first-order valence-electron chi connectivity index (χ1n) is 15.5. The number of anilines is 2. The van der Waals surface area contributed by atoms with Crippen LogP contribution in [0.1, 0.15) is 31.3 Å². The van der Waals surface area contributed by atoms with E-state index in [1.54, 1.807) is 32.8 Å². The van der Waals surface area contributed by atoms with Crippen molar-refractivity contribution < 1.29 is 14.2 Å². The van der Waals surface area contributed by atoms with Crippen LogP contribution in [0.5, 0.6) is 5.75 Å². The summed E-state index contributed by atoms with van der Waals surface area (Å²) in [6, 6.07) is 16.4. The Morgan fingerprint density at radius 1 is 0.978 bits per heavy atom. The molecule has 0 spiro atoms. The maximum Gasteiger partial charge on any atom is 0.350 e. The Hall–Kier alpha value is -4.53. The van der Waals surface area contributed by atoms with Crippen molar-refractivity contribution in [2.45, 2.75) is 44.7 Å². The summed E-state index contributed by atoms with van der Waals surface area (Å²) in [5.41, 5.74) is 3.02. The minimum atomic E-state index is -1.01. The van der Waals surface area contributed by atoms with Crippen LogP contribution in [-0.2, 0) is 21.8 Å². The highest BCUT2D eigenvalue weighted by Crippen LogP contribution is 2.37. The standard InChI is InChI=1S/C32H37N9O4S/c1-3-24(2)41-31(42)40(23-36-41)27-6-4-25(5-7-27)37-13-15-38(16-14-37)26-8-10-28(11-9-26)43-18-29-19-44-32(45-29,30-34-12-17-46-30)20-39-22-33-21-35-39/h4-12,17,21-24,29H,3,13-16,18-20H2,1-2H3/t24-,29-,32-/m1/s1. The Labute approximate surface area is 270 Å². The quantitative estimate of drug-likeness (QED) is 0.211. The van der Waals surface area contributed by atoms with Crippen molar-refractivity contribution in [2.75, 3.05) is 49.2 Å². The molecule has 13 nitrogen and oxygen atoms in total. The van der Waals surface area contributed by atoms with Gasteiger partial charge in [0.2, 0.25) is 5.79 Å². The minimum absolute atomic E-state index is 0.0717. The summed E-state index contributed by atoms with van der Waals surface area (Å²) in [6.07, 6.45) is 7.08. The van der Waals surface area contributed by atoms with Gasteiger partial charge in [0.05, 0.1) is 18.3 Å². The molecule has 0 radical (unpaired) electrons. The van der Waals surface area contributed by atoms with Gasteiger partial charge in [0.25, 0.3) is 0 Å². The maximum atomic E-state index is 12.8. The van der Waals surface area contributed by atoms with E-state index in [1.807, 2.05) is 36.6 Å². The highest BCUT2D eigenvalue weighted by molar-refractivity contribution is 7.09. The van der Waals surface area contributed by atoms with Gasteiger partial charge in [-0.15, -0.1) is 11.3 Å². The van der Waals surface area contributed by atoms with Gasteiger partial charge in [0.1, 0.15) is 44.0 Å². The zero-order valence-corrected chi connectivity index (χ0v) is 26.7. The van der Waals surface area contributed by atoms with E-state index >= 15 is 0 Å². The van der Waals surface area contributed by atoms with Crippen molar-refractivity contribution in [2.24, 2.45) is 0 Å². The predicted molar refractivity (Wildman–Crippen MR) is 174 cm³/mol. The molecular weight excluding hydrogens is 606 g/mol. The molecule has 0 saturated carbocycles. The first kappa shape index (κ1) is 30.1. The summed E-state index contributed by atoms with van der Waals surface area (Å²) in [6.45, 7) is 8.77. The van der Waals surface area contributed by atoms with Crippen molar-refractivity contribution in [1.82, 2.24) is 34.1 Å². The molecule has 5 heterocycles. The normalized spacial score (nSPS) is 20.7. The lowest BCUT2D eigenvalue weighted by atomic mass is 10.2. The molecule has 0 N–H and O–H groups in total. The lowest BCUT2D eigenvalue weighted by molar-refractivity contribution is -0.190. The molecule has 2 fully saturated rings. The van der Waals surface area contributed by atoms with Gasteiger partial charge in [-0.2, -0.15) is 10.2 Å². The van der Waals surface area contributed by atoms with Gasteiger partial charge in [-0.25, -0.2) is 28.7 Å². The first-order chi connectivity index (χ1) is 22.5. The molecule has 0 bridgehead atoms. The molecule has 240 valence electrons. The molecule has 46 heavy (non-hydrogen) atoms. The van der Waals surface area contributed by atoms with Gasteiger partial charge in [-0.1, -0.05) is 6.92 Å². The van der Waals surface area contributed by atoms with E-state index in [4.69, 9.17) is 14.2 Å². The SMILES string of the molecule is CC[C@@H](C)n1ncn(-c2ccc(N3CCN(c4ccc(OC[C@@H]5CO[C@@](Cn6cncn6)(c6nccs6)O5)cc4)CC3)cc2)c1=O. The van der Waals surface area contributed by atoms with Crippen LogP contribution < -0.4 is 20.2 Å². The van der Waals surface area contributed by atoms with Crippen LogP contribution in [0.3, 0.4) is 0 Å². The summed E-state index contributed by atoms with van der Waals surface area (Å²) < 4.78 is 23.5. The summed E-state index contributed by atoms with van der Waals surface area (Å²) >= 11 is 1.49. The summed E-state index contributed by atoms with van der Waals surface area (Å²) in [5.74, 6) is -0.233. The van der Waals surface area contributed by atoms with Crippen LogP contribution in [0.4, 0.5) is 11.4 Å². The van der Waals surface area contributed by atoms with E-state index in [-0.39, 0.29) is 17.8 Å².